The van der Waals surface area contributed by atoms with Gasteiger partial charge in [0.25, 0.3) is 0 Å². The van der Waals surface area contributed by atoms with Crippen molar-refractivity contribution in [2.45, 2.75) is 18.2 Å². The Hall–Kier alpha value is -3.17. The van der Waals surface area contributed by atoms with E-state index in [9.17, 15) is 4.39 Å². The first-order valence-corrected chi connectivity index (χ1v) is 11.0. The highest BCUT2D eigenvalue weighted by Gasteiger charge is 2.47. The molecule has 1 saturated heterocycles. The minimum Gasteiger partial charge on any atom is -0.455 e. The van der Waals surface area contributed by atoms with Crippen molar-refractivity contribution in [2.75, 3.05) is 26.3 Å². The second-order valence-corrected chi connectivity index (χ2v) is 8.39. The number of ether oxygens (including phenoxy) is 3. The molecule has 0 saturated carbocycles. The number of hydrogen-bond acceptors (Lipinski definition) is 7. The van der Waals surface area contributed by atoms with Gasteiger partial charge < -0.3 is 25.3 Å². The summed E-state index contributed by atoms with van der Waals surface area (Å²) in [7, 11) is 0. The molecule has 1 spiro atoms. The molecule has 3 aliphatic heterocycles. The molecule has 168 valence electrons. The fourth-order valence-electron chi connectivity index (χ4n) is 4.79. The molecular formula is C25H23FN4O3. The Morgan fingerprint density at radius 1 is 1.12 bits per heavy atom. The van der Waals surface area contributed by atoms with Crippen molar-refractivity contribution in [3.8, 4) is 22.6 Å². The molecule has 1 fully saturated rings. The molecule has 2 aromatic heterocycles. The number of nitrogens with one attached hydrogen (secondary N) is 1. The molecule has 3 aliphatic rings. The number of halogens is 1. The van der Waals surface area contributed by atoms with Crippen molar-refractivity contribution < 1.29 is 18.6 Å². The Morgan fingerprint density at radius 2 is 2.03 bits per heavy atom. The van der Waals surface area contributed by atoms with E-state index in [2.05, 4.69) is 21.4 Å². The second kappa shape index (κ2) is 8.00. The molecular weight excluding hydrogens is 423 g/mol. The highest BCUT2D eigenvalue weighted by Crippen LogP contribution is 2.51. The van der Waals surface area contributed by atoms with E-state index in [0.29, 0.717) is 48.9 Å². The van der Waals surface area contributed by atoms with Crippen molar-refractivity contribution in [2.24, 2.45) is 5.73 Å². The molecule has 0 bridgehead atoms. The van der Waals surface area contributed by atoms with Crippen molar-refractivity contribution in [1.29, 1.82) is 0 Å². The third-order valence-electron chi connectivity index (χ3n) is 6.37. The van der Waals surface area contributed by atoms with Crippen LogP contribution in [0.4, 0.5) is 4.39 Å². The van der Waals surface area contributed by atoms with Crippen LogP contribution in [0.15, 0.2) is 54.9 Å². The summed E-state index contributed by atoms with van der Waals surface area (Å²) in [6.45, 7) is 2.26. The number of nitrogens with zero attached hydrogens (tertiary/aromatic N) is 2. The van der Waals surface area contributed by atoms with Gasteiger partial charge in [-0.1, -0.05) is 12.1 Å². The first kappa shape index (κ1) is 20.4. The summed E-state index contributed by atoms with van der Waals surface area (Å²) >= 11 is 0. The Labute approximate surface area is 190 Å². The van der Waals surface area contributed by atoms with Crippen LogP contribution in [0.5, 0.6) is 11.5 Å². The van der Waals surface area contributed by atoms with Crippen LogP contribution in [0, 0.1) is 5.95 Å². The first-order valence-electron chi connectivity index (χ1n) is 11.0. The maximum atomic E-state index is 14.5. The Morgan fingerprint density at radius 3 is 2.85 bits per heavy atom. The van der Waals surface area contributed by atoms with Gasteiger partial charge in [-0.25, -0.2) is 4.98 Å². The fraction of sp³-hybridized carbons (Fsp3) is 0.280. The number of rotatable bonds is 2. The number of aromatic nitrogens is 2. The molecule has 0 radical (unpaired) electrons. The van der Waals surface area contributed by atoms with Gasteiger partial charge in [0.2, 0.25) is 5.95 Å². The number of hydrogen-bond donors (Lipinski definition) is 2. The standard InChI is InChI=1S/C25H23FN4O3/c26-24-17(2-1-7-29-24)16-3-4-21-18(10-16)25(14-28-13-23(27)33-25)19-11-20(30-12-22(19)32-21)15-5-8-31-9-6-15/h1-5,7,10-12,23,28H,6,8-9,13-14,27H2/t23-,25?/m0/s1. The average Bonchev–Trinajstić information content (AvgIpc) is 2.85. The van der Waals surface area contributed by atoms with Crippen LogP contribution >= 0.6 is 0 Å². The summed E-state index contributed by atoms with van der Waals surface area (Å²) in [6, 6.07) is 11.0. The lowest BCUT2D eigenvalue weighted by atomic mass is 9.80. The first-order chi connectivity index (χ1) is 16.1. The normalized spacial score (nSPS) is 23.9. The molecule has 1 aromatic carbocycles. The van der Waals surface area contributed by atoms with Gasteiger partial charge in [-0.15, -0.1) is 0 Å². The lowest BCUT2D eigenvalue weighted by Gasteiger charge is -2.44. The summed E-state index contributed by atoms with van der Waals surface area (Å²) in [4.78, 5) is 8.45. The molecule has 6 rings (SSSR count). The van der Waals surface area contributed by atoms with E-state index in [1.165, 1.54) is 6.20 Å². The predicted octanol–water partition coefficient (Wildman–Crippen LogP) is 3.34. The van der Waals surface area contributed by atoms with Crippen LogP contribution in [-0.4, -0.2) is 42.5 Å². The summed E-state index contributed by atoms with van der Waals surface area (Å²) in [5, 5.41) is 3.40. The van der Waals surface area contributed by atoms with Gasteiger partial charge in [-0.05, 0) is 47.9 Å². The molecule has 5 heterocycles. The van der Waals surface area contributed by atoms with Crippen LogP contribution in [0.3, 0.4) is 0 Å². The van der Waals surface area contributed by atoms with Gasteiger partial charge in [0.05, 0.1) is 25.1 Å². The van der Waals surface area contributed by atoms with Crippen molar-refractivity contribution in [3.05, 3.63) is 77.6 Å². The van der Waals surface area contributed by atoms with Crippen LogP contribution < -0.4 is 15.8 Å². The van der Waals surface area contributed by atoms with Crippen molar-refractivity contribution in [3.63, 3.8) is 0 Å². The monoisotopic (exact) mass is 446 g/mol. The zero-order valence-electron chi connectivity index (χ0n) is 17.9. The maximum absolute atomic E-state index is 14.5. The fourth-order valence-corrected chi connectivity index (χ4v) is 4.79. The van der Waals surface area contributed by atoms with E-state index in [0.717, 1.165) is 28.8 Å². The molecule has 8 heteroatoms. The minimum atomic E-state index is -0.904. The number of fused-ring (bicyclic) bond motifs is 4. The molecule has 1 unspecified atom stereocenters. The number of benzene rings is 1. The SMILES string of the molecule is N[C@@H]1CNCC2(O1)c1cc(-c3cccnc3F)ccc1Oc1cnc(C3=CCOCC3)cc12. The van der Waals surface area contributed by atoms with Crippen LogP contribution in [-0.2, 0) is 15.1 Å². The van der Waals surface area contributed by atoms with Gasteiger partial charge in [0.1, 0.15) is 17.6 Å². The molecule has 0 aliphatic carbocycles. The molecule has 0 amide bonds. The van der Waals surface area contributed by atoms with Gasteiger partial charge in [-0.2, -0.15) is 4.39 Å². The van der Waals surface area contributed by atoms with E-state index in [1.807, 2.05) is 24.3 Å². The average molecular weight is 446 g/mol. The van der Waals surface area contributed by atoms with E-state index in [4.69, 9.17) is 19.9 Å². The third-order valence-corrected chi connectivity index (χ3v) is 6.37. The Bertz CT molecular complexity index is 1260. The largest absolute Gasteiger partial charge is 0.455 e. The molecule has 3 aromatic rings. The Kier molecular flexibility index (Phi) is 4.95. The summed E-state index contributed by atoms with van der Waals surface area (Å²) in [5.74, 6) is 0.724. The maximum Gasteiger partial charge on any atom is 0.220 e. The van der Waals surface area contributed by atoms with Crippen LogP contribution in [0.2, 0.25) is 0 Å². The van der Waals surface area contributed by atoms with Crippen LogP contribution in [0.1, 0.15) is 23.2 Å². The quantitative estimate of drug-likeness (QED) is 0.584. The topological polar surface area (TPSA) is 91.5 Å². The van der Waals surface area contributed by atoms with Crippen LogP contribution in [0.25, 0.3) is 16.7 Å². The number of morpholine rings is 1. The summed E-state index contributed by atoms with van der Waals surface area (Å²) < 4.78 is 32.6. The number of nitrogens with two attached hydrogens (primary N) is 1. The van der Waals surface area contributed by atoms with Gasteiger partial charge >= 0.3 is 0 Å². The smallest absolute Gasteiger partial charge is 0.220 e. The van der Waals surface area contributed by atoms with E-state index in [-0.39, 0.29) is 0 Å². The predicted molar refractivity (Wildman–Crippen MR) is 120 cm³/mol. The zero-order valence-corrected chi connectivity index (χ0v) is 17.9. The summed E-state index contributed by atoms with van der Waals surface area (Å²) in [5.41, 5.74) is 10.1. The highest BCUT2D eigenvalue weighted by molar-refractivity contribution is 5.70. The van der Waals surface area contributed by atoms with Crippen molar-refractivity contribution >= 4 is 5.57 Å². The molecule has 2 atom stereocenters. The number of pyridine rings is 2. The van der Waals surface area contributed by atoms with Crippen molar-refractivity contribution in [1.82, 2.24) is 15.3 Å². The molecule has 3 N–H and O–H groups in total. The Balaban J connectivity index is 1.53. The third kappa shape index (κ3) is 3.43. The molecule has 33 heavy (non-hydrogen) atoms. The second-order valence-electron chi connectivity index (χ2n) is 8.39. The van der Waals surface area contributed by atoms with E-state index < -0.39 is 17.8 Å². The highest BCUT2D eigenvalue weighted by atomic mass is 19.1. The van der Waals surface area contributed by atoms with Gasteiger partial charge in [0.15, 0.2) is 5.75 Å². The zero-order chi connectivity index (χ0) is 22.4. The van der Waals surface area contributed by atoms with Gasteiger partial charge in [0, 0.05) is 36.0 Å². The van der Waals surface area contributed by atoms with E-state index >= 15 is 0 Å². The van der Waals surface area contributed by atoms with Gasteiger partial charge in [-0.3, -0.25) is 4.98 Å². The lowest BCUT2D eigenvalue weighted by Crippen LogP contribution is -2.56. The minimum absolute atomic E-state index is 0.414. The lowest BCUT2D eigenvalue weighted by molar-refractivity contribution is -0.0971. The molecule has 7 nitrogen and oxygen atoms in total. The summed E-state index contributed by atoms with van der Waals surface area (Å²) in [6.07, 6.45) is 5.50. The van der Waals surface area contributed by atoms with E-state index in [1.54, 1.807) is 18.3 Å².